The van der Waals surface area contributed by atoms with Crippen molar-refractivity contribution in [2.24, 2.45) is 0 Å². The summed E-state index contributed by atoms with van der Waals surface area (Å²) in [6.07, 6.45) is -0.804. The number of aromatic nitrogens is 4. The molecular formula is C15H14N4O5S. The van der Waals surface area contributed by atoms with Gasteiger partial charge in [0.05, 0.1) is 31.0 Å². The number of tetrazole rings is 1. The SMILES string of the molecule is COC(=O)c1ccc(-n2nnn([C@H]3CC(=O)[C@H]4OC[C@H]3O4)c2=S)cc1. The second-order valence-electron chi connectivity index (χ2n) is 5.73. The summed E-state index contributed by atoms with van der Waals surface area (Å²) in [5.74, 6) is -0.551. The van der Waals surface area contributed by atoms with Crippen LogP contribution in [0.5, 0.6) is 0 Å². The largest absolute Gasteiger partial charge is 0.465 e. The van der Waals surface area contributed by atoms with E-state index in [2.05, 4.69) is 15.2 Å². The molecule has 4 rings (SSSR count). The molecule has 2 saturated heterocycles. The van der Waals surface area contributed by atoms with E-state index in [0.29, 0.717) is 22.6 Å². The van der Waals surface area contributed by atoms with Gasteiger partial charge in [-0.15, -0.1) is 0 Å². The van der Waals surface area contributed by atoms with E-state index in [1.807, 2.05) is 0 Å². The van der Waals surface area contributed by atoms with Crippen LogP contribution >= 0.6 is 12.2 Å². The molecule has 0 saturated carbocycles. The van der Waals surface area contributed by atoms with Gasteiger partial charge in [-0.3, -0.25) is 4.79 Å². The molecule has 0 aliphatic carbocycles. The minimum atomic E-state index is -0.767. The number of ether oxygens (including phenoxy) is 3. The van der Waals surface area contributed by atoms with Crippen molar-refractivity contribution in [1.29, 1.82) is 0 Å². The number of ketones is 1. The van der Waals surface area contributed by atoms with E-state index in [4.69, 9.17) is 21.7 Å². The molecule has 0 amide bonds. The topological polar surface area (TPSA) is 97.5 Å². The first kappa shape index (κ1) is 16.1. The molecule has 2 bridgehead atoms. The van der Waals surface area contributed by atoms with Gasteiger partial charge in [0.15, 0.2) is 5.78 Å². The number of Topliss-reactive ketones (excluding diaryl/α,β-unsaturated/α-hetero) is 1. The molecule has 0 N–H and O–H groups in total. The van der Waals surface area contributed by atoms with Crippen LogP contribution in [0.4, 0.5) is 0 Å². The van der Waals surface area contributed by atoms with E-state index in [1.54, 1.807) is 24.3 Å². The third-order valence-electron chi connectivity index (χ3n) is 4.26. The summed E-state index contributed by atoms with van der Waals surface area (Å²) in [6, 6.07) is 6.27. The van der Waals surface area contributed by atoms with E-state index in [-0.39, 0.29) is 24.3 Å². The van der Waals surface area contributed by atoms with E-state index >= 15 is 0 Å². The first-order valence-electron chi connectivity index (χ1n) is 7.61. The lowest BCUT2D eigenvalue weighted by atomic mass is 10.0. The van der Waals surface area contributed by atoms with Crippen molar-refractivity contribution >= 4 is 24.0 Å². The normalized spacial score (nSPS) is 25.2. The number of benzene rings is 1. The van der Waals surface area contributed by atoms with E-state index in [0.717, 1.165) is 0 Å². The molecule has 2 aromatic rings. The first-order chi connectivity index (χ1) is 12.1. The van der Waals surface area contributed by atoms with Gasteiger partial charge in [-0.2, -0.15) is 4.68 Å². The summed E-state index contributed by atoms with van der Waals surface area (Å²) < 4.78 is 18.8. The molecule has 3 heterocycles. The fraction of sp³-hybridized carbons (Fsp3) is 0.400. The molecule has 9 nitrogen and oxygen atoms in total. The third kappa shape index (κ3) is 2.68. The molecule has 0 unspecified atom stereocenters. The quantitative estimate of drug-likeness (QED) is 0.585. The Hall–Kier alpha value is -2.43. The van der Waals surface area contributed by atoms with Crippen LogP contribution in [0.25, 0.3) is 5.69 Å². The van der Waals surface area contributed by atoms with Crippen molar-refractivity contribution < 1.29 is 23.8 Å². The average Bonchev–Trinajstić information content (AvgIpc) is 3.23. The van der Waals surface area contributed by atoms with Gasteiger partial charge in [0.2, 0.25) is 11.1 Å². The fourth-order valence-electron chi connectivity index (χ4n) is 2.95. The van der Waals surface area contributed by atoms with Gasteiger partial charge in [0.1, 0.15) is 6.10 Å². The number of esters is 1. The summed E-state index contributed by atoms with van der Waals surface area (Å²) >= 11 is 5.45. The van der Waals surface area contributed by atoms with Crippen LogP contribution in [0.2, 0.25) is 0 Å². The van der Waals surface area contributed by atoms with Gasteiger partial charge in [0, 0.05) is 6.42 Å². The molecular weight excluding hydrogens is 348 g/mol. The molecule has 1 aromatic heterocycles. The Labute approximate surface area is 147 Å². The Bertz CT molecular complexity index is 890. The Morgan fingerprint density at radius 1 is 1.32 bits per heavy atom. The smallest absolute Gasteiger partial charge is 0.337 e. The zero-order valence-corrected chi connectivity index (χ0v) is 14.0. The number of fused-ring (bicyclic) bond motifs is 2. The predicted molar refractivity (Wildman–Crippen MR) is 84.8 cm³/mol. The zero-order valence-electron chi connectivity index (χ0n) is 13.2. The highest BCUT2D eigenvalue weighted by molar-refractivity contribution is 7.71. The third-order valence-corrected chi connectivity index (χ3v) is 4.62. The number of carbonyl (C=O) groups excluding carboxylic acids is 2. The van der Waals surface area contributed by atoms with Crippen LogP contribution in [0.3, 0.4) is 0 Å². The Morgan fingerprint density at radius 2 is 2.08 bits per heavy atom. The standard InChI is InChI=1S/C15H14N4O5S/c1-22-13(21)8-2-4-9(5-3-8)18-15(25)19(17-16-18)10-6-11(20)14-23-7-12(10)24-14/h2-5,10,12,14H,6-7H2,1H3/t10-,12+,14-/m0/s1. The molecule has 2 fully saturated rings. The Balaban J connectivity index is 1.64. The van der Waals surface area contributed by atoms with Gasteiger partial charge >= 0.3 is 5.97 Å². The van der Waals surface area contributed by atoms with Crippen molar-refractivity contribution in [3.8, 4) is 5.69 Å². The van der Waals surface area contributed by atoms with E-state index in [1.165, 1.54) is 16.5 Å². The monoisotopic (exact) mass is 362 g/mol. The van der Waals surface area contributed by atoms with Crippen molar-refractivity contribution in [2.45, 2.75) is 24.9 Å². The molecule has 0 spiro atoms. The van der Waals surface area contributed by atoms with Crippen LogP contribution in [0.1, 0.15) is 22.8 Å². The number of hydrogen-bond donors (Lipinski definition) is 0. The van der Waals surface area contributed by atoms with Gasteiger partial charge in [-0.25, -0.2) is 9.48 Å². The molecule has 130 valence electrons. The van der Waals surface area contributed by atoms with Crippen LogP contribution in [0, 0.1) is 4.77 Å². The van der Waals surface area contributed by atoms with Gasteiger partial charge in [-0.1, -0.05) is 0 Å². The maximum Gasteiger partial charge on any atom is 0.337 e. The maximum atomic E-state index is 12.0. The highest BCUT2D eigenvalue weighted by atomic mass is 32.1. The Kier molecular flexibility index (Phi) is 3.94. The fourth-order valence-corrected chi connectivity index (χ4v) is 3.27. The van der Waals surface area contributed by atoms with E-state index in [9.17, 15) is 9.59 Å². The average molecular weight is 362 g/mol. The minimum absolute atomic E-state index is 0.127. The van der Waals surface area contributed by atoms with Gasteiger partial charge in [-0.05, 0) is 46.9 Å². The first-order valence-corrected chi connectivity index (χ1v) is 8.02. The lowest BCUT2D eigenvalue weighted by molar-refractivity contribution is -0.156. The lowest BCUT2D eigenvalue weighted by Crippen LogP contribution is -2.37. The van der Waals surface area contributed by atoms with Crippen LogP contribution in [-0.2, 0) is 19.0 Å². The summed E-state index contributed by atoms with van der Waals surface area (Å²) in [6.45, 7) is 0.323. The lowest BCUT2D eigenvalue weighted by Gasteiger charge is -2.25. The molecule has 1 aromatic carbocycles. The summed E-state index contributed by atoms with van der Waals surface area (Å²) in [4.78, 5) is 23.5. The zero-order chi connectivity index (χ0) is 17.6. The second-order valence-corrected chi connectivity index (χ2v) is 6.10. The summed E-state index contributed by atoms with van der Waals surface area (Å²) in [5.41, 5.74) is 1.07. The molecule has 2 aliphatic rings. The summed E-state index contributed by atoms with van der Waals surface area (Å²) in [5, 5.41) is 8.15. The predicted octanol–water partition coefficient (Wildman–Crippen LogP) is 0.840. The Morgan fingerprint density at radius 3 is 2.80 bits per heavy atom. The molecule has 0 radical (unpaired) electrons. The van der Waals surface area contributed by atoms with Crippen molar-refractivity contribution in [1.82, 2.24) is 19.8 Å². The highest BCUT2D eigenvalue weighted by Crippen LogP contribution is 2.32. The van der Waals surface area contributed by atoms with Crippen LogP contribution in [-0.4, -0.2) is 57.7 Å². The molecule has 3 atom stereocenters. The van der Waals surface area contributed by atoms with E-state index < -0.39 is 12.3 Å². The minimum Gasteiger partial charge on any atom is -0.465 e. The maximum absolute atomic E-state index is 12.0. The highest BCUT2D eigenvalue weighted by Gasteiger charge is 2.45. The molecule has 2 aliphatic heterocycles. The number of nitrogens with zero attached hydrogens (tertiary/aromatic N) is 4. The number of hydrogen-bond acceptors (Lipinski definition) is 8. The second kappa shape index (κ2) is 6.14. The molecule has 25 heavy (non-hydrogen) atoms. The van der Waals surface area contributed by atoms with Crippen molar-refractivity contribution in [2.75, 3.05) is 13.7 Å². The van der Waals surface area contributed by atoms with Crippen LogP contribution < -0.4 is 0 Å². The number of carbonyl (C=O) groups is 2. The number of methoxy groups -OCH3 is 1. The molecule has 10 heteroatoms. The van der Waals surface area contributed by atoms with Gasteiger partial charge in [0.25, 0.3) is 0 Å². The summed E-state index contributed by atoms with van der Waals surface area (Å²) in [7, 11) is 1.32. The number of rotatable bonds is 3. The van der Waals surface area contributed by atoms with Gasteiger partial charge < -0.3 is 14.2 Å². The van der Waals surface area contributed by atoms with Crippen molar-refractivity contribution in [3.05, 3.63) is 34.6 Å². The van der Waals surface area contributed by atoms with Crippen LogP contribution in [0.15, 0.2) is 24.3 Å². The van der Waals surface area contributed by atoms with Crippen molar-refractivity contribution in [3.63, 3.8) is 0 Å².